The van der Waals surface area contributed by atoms with Crippen LogP contribution in [0.3, 0.4) is 0 Å². The zero-order valence-electron chi connectivity index (χ0n) is 19.0. The summed E-state index contributed by atoms with van der Waals surface area (Å²) >= 11 is 0. The first kappa shape index (κ1) is 23.6. The Morgan fingerprint density at radius 3 is 2.31 bits per heavy atom. The van der Waals surface area contributed by atoms with Gasteiger partial charge in [-0.1, -0.05) is 30.3 Å². The molecule has 1 saturated heterocycles. The Balaban J connectivity index is 1.43. The van der Waals surface area contributed by atoms with Crippen LogP contribution in [0.25, 0.3) is 0 Å². The number of hydrogen-bond acceptors (Lipinski definition) is 6. The van der Waals surface area contributed by atoms with Crippen LogP contribution in [0.1, 0.15) is 12.5 Å². The van der Waals surface area contributed by atoms with Crippen LogP contribution in [0.4, 0.5) is 5.69 Å². The number of rotatable bonds is 9. The third-order valence-corrected chi connectivity index (χ3v) is 5.68. The fourth-order valence-corrected chi connectivity index (χ4v) is 3.69. The number of benzene rings is 2. The van der Waals surface area contributed by atoms with E-state index in [2.05, 4.69) is 20.4 Å². The van der Waals surface area contributed by atoms with Crippen molar-refractivity contribution in [1.82, 2.24) is 15.1 Å². The summed E-state index contributed by atoms with van der Waals surface area (Å²) in [6.45, 7) is 5.75. The second-order valence-corrected chi connectivity index (χ2v) is 7.81. The molecule has 1 atom stereocenters. The molecule has 0 radical (unpaired) electrons. The average Bonchev–Trinajstić information content (AvgIpc) is 2.83. The molecule has 2 N–H and O–H groups in total. The molecule has 1 aliphatic heterocycles. The van der Waals surface area contributed by atoms with Gasteiger partial charge in [0.25, 0.3) is 0 Å². The summed E-state index contributed by atoms with van der Waals surface area (Å²) in [5, 5.41) is 5.91. The van der Waals surface area contributed by atoms with Crippen LogP contribution in [0.5, 0.6) is 11.5 Å². The van der Waals surface area contributed by atoms with Crippen molar-refractivity contribution >= 4 is 17.5 Å². The first-order chi connectivity index (χ1) is 15.5. The molecule has 172 valence electrons. The van der Waals surface area contributed by atoms with Crippen molar-refractivity contribution in [3.8, 4) is 11.5 Å². The molecule has 2 aromatic carbocycles. The number of nitrogens with zero attached hydrogens (tertiary/aromatic N) is 2. The van der Waals surface area contributed by atoms with Crippen LogP contribution in [0.15, 0.2) is 48.5 Å². The van der Waals surface area contributed by atoms with E-state index in [0.717, 1.165) is 31.7 Å². The Hall–Kier alpha value is -3.10. The molecule has 0 aromatic heterocycles. The predicted octanol–water partition coefficient (Wildman–Crippen LogP) is 1.96. The van der Waals surface area contributed by atoms with Crippen molar-refractivity contribution in [3.63, 3.8) is 0 Å². The summed E-state index contributed by atoms with van der Waals surface area (Å²) in [4.78, 5) is 29.3. The fourth-order valence-electron chi connectivity index (χ4n) is 3.69. The van der Waals surface area contributed by atoms with Gasteiger partial charge in [-0.3, -0.25) is 19.4 Å². The molecule has 8 heteroatoms. The largest absolute Gasteiger partial charge is 0.493 e. The maximum atomic E-state index is 12.7. The topological polar surface area (TPSA) is 83.1 Å². The van der Waals surface area contributed by atoms with Gasteiger partial charge >= 0.3 is 0 Å². The molecule has 0 spiro atoms. The van der Waals surface area contributed by atoms with Crippen molar-refractivity contribution in [2.75, 3.05) is 52.3 Å². The summed E-state index contributed by atoms with van der Waals surface area (Å²) in [5.74, 6) is 1.12. The van der Waals surface area contributed by atoms with Crippen molar-refractivity contribution in [1.29, 1.82) is 0 Å². The molecular formula is C24H32N4O4. The van der Waals surface area contributed by atoms with Crippen LogP contribution in [-0.2, 0) is 16.1 Å². The summed E-state index contributed by atoms with van der Waals surface area (Å²) in [5.41, 5.74) is 1.74. The van der Waals surface area contributed by atoms with Gasteiger partial charge in [-0.15, -0.1) is 0 Å². The average molecular weight is 441 g/mol. The molecule has 1 fully saturated rings. The summed E-state index contributed by atoms with van der Waals surface area (Å²) < 4.78 is 10.5. The Kier molecular flexibility index (Phi) is 8.47. The number of ether oxygens (including phenoxy) is 2. The predicted molar refractivity (Wildman–Crippen MR) is 124 cm³/mol. The molecule has 1 heterocycles. The number of amides is 2. The lowest BCUT2D eigenvalue weighted by molar-refractivity contribution is -0.124. The first-order valence-electron chi connectivity index (χ1n) is 10.8. The first-order valence-corrected chi connectivity index (χ1v) is 10.8. The second kappa shape index (κ2) is 11.5. The van der Waals surface area contributed by atoms with Crippen molar-refractivity contribution < 1.29 is 19.1 Å². The highest BCUT2D eigenvalue weighted by atomic mass is 16.5. The van der Waals surface area contributed by atoms with E-state index < -0.39 is 0 Å². The molecule has 3 rings (SSSR count). The Labute approximate surface area is 189 Å². The lowest BCUT2D eigenvalue weighted by atomic mass is 10.2. The highest BCUT2D eigenvalue weighted by Crippen LogP contribution is 2.29. The van der Waals surface area contributed by atoms with Gasteiger partial charge < -0.3 is 20.1 Å². The summed E-state index contributed by atoms with van der Waals surface area (Å²) in [7, 11) is 3.14. The molecule has 8 nitrogen and oxygen atoms in total. The lowest BCUT2D eigenvalue weighted by Crippen LogP contribution is -2.54. The number of anilines is 1. The fraction of sp³-hybridized carbons (Fsp3) is 0.417. The Bertz CT molecular complexity index is 898. The molecule has 2 amide bonds. The minimum atomic E-state index is -0.280. The molecular weight excluding hydrogens is 408 g/mol. The van der Waals surface area contributed by atoms with Crippen molar-refractivity contribution in [2.45, 2.75) is 19.5 Å². The third-order valence-electron chi connectivity index (χ3n) is 5.68. The third kappa shape index (κ3) is 6.45. The maximum Gasteiger partial charge on any atom is 0.241 e. The van der Waals surface area contributed by atoms with Crippen molar-refractivity contribution in [2.24, 2.45) is 0 Å². The van der Waals surface area contributed by atoms with Gasteiger partial charge in [0.05, 0.1) is 26.8 Å². The molecule has 1 unspecified atom stereocenters. The maximum absolute atomic E-state index is 12.7. The standard InChI is InChI=1S/C24H32N4O4/c1-18(24(30)26-20-9-10-21(31-2)22(15-20)32-3)28-13-11-27(12-14-28)17-23(29)25-16-19-7-5-4-6-8-19/h4-10,15,18H,11-14,16-17H2,1-3H3,(H,25,29)(H,26,30). The Morgan fingerprint density at radius 1 is 0.969 bits per heavy atom. The summed E-state index contributed by atoms with van der Waals surface area (Å²) in [6.07, 6.45) is 0. The van der Waals surface area contributed by atoms with Crippen LogP contribution < -0.4 is 20.1 Å². The van der Waals surface area contributed by atoms with Crippen LogP contribution in [0, 0.1) is 0 Å². The van der Waals surface area contributed by atoms with Gasteiger partial charge in [-0.2, -0.15) is 0 Å². The van der Waals surface area contributed by atoms with Crippen molar-refractivity contribution in [3.05, 3.63) is 54.1 Å². The zero-order chi connectivity index (χ0) is 22.9. The molecule has 2 aromatic rings. The van der Waals surface area contributed by atoms with E-state index in [1.807, 2.05) is 37.3 Å². The normalized spacial score (nSPS) is 15.6. The van der Waals surface area contributed by atoms with E-state index in [4.69, 9.17) is 9.47 Å². The molecule has 0 bridgehead atoms. The smallest absolute Gasteiger partial charge is 0.241 e. The van der Waals surface area contributed by atoms with Gasteiger partial charge in [0.15, 0.2) is 11.5 Å². The number of hydrogen-bond donors (Lipinski definition) is 2. The second-order valence-electron chi connectivity index (χ2n) is 7.81. The minimum Gasteiger partial charge on any atom is -0.493 e. The quantitative estimate of drug-likeness (QED) is 0.620. The van der Waals surface area contributed by atoms with Gasteiger partial charge in [0.2, 0.25) is 11.8 Å². The number of methoxy groups -OCH3 is 2. The van der Waals surface area contributed by atoms with Crippen LogP contribution >= 0.6 is 0 Å². The molecule has 32 heavy (non-hydrogen) atoms. The number of nitrogens with one attached hydrogen (secondary N) is 2. The molecule has 1 aliphatic rings. The van der Waals surface area contributed by atoms with E-state index >= 15 is 0 Å². The van der Waals surface area contributed by atoms with E-state index in [0.29, 0.717) is 30.3 Å². The zero-order valence-corrected chi connectivity index (χ0v) is 19.0. The number of piperazine rings is 1. The SMILES string of the molecule is COc1ccc(NC(=O)C(C)N2CCN(CC(=O)NCc3ccccc3)CC2)cc1OC. The molecule has 0 saturated carbocycles. The molecule has 0 aliphatic carbocycles. The van der Waals surface area contributed by atoms with Gasteiger partial charge in [-0.05, 0) is 24.6 Å². The monoisotopic (exact) mass is 440 g/mol. The van der Waals surface area contributed by atoms with Gasteiger partial charge in [0, 0.05) is 44.5 Å². The van der Waals surface area contributed by atoms with E-state index in [-0.39, 0.29) is 17.9 Å². The van der Waals surface area contributed by atoms with E-state index in [1.165, 1.54) is 0 Å². The Morgan fingerprint density at radius 2 is 1.66 bits per heavy atom. The van der Waals surface area contributed by atoms with E-state index in [9.17, 15) is 9.59 Å². The lowest BCUT2D eigenvalue weighted by Gasteiger charge is -2.37. The minimum absolute atomic E-state index is 0.0153. The highest BCUT2D eigenvalue weighted by molar-refractivity contribution is 5.94. The number of carbonyl (C=O) groups excluding carboxylic acids is 2. The number of carbonyl (C=O) groups is 2. The van der Waals surface area contributed by atoms with E-state index in [1.54, 1.807) is 32.4 Å². The van der Waals surface area contributed by atoms with Crippen LogP contribution in [0.2, 0.25) is 0 Å². The summed E-state index contributed by atoms with van der Waals surface area (Å²) in [6, 6.07) is 14.9. The van der Waals surface area contributed by atoms with Crippen LogP contribution in [-0.4, -0.2) is 74.6 Å². The highest BCUT2D eigenvalue weighted by Gasteiger charge is 2.26. The van der Waals surface area contributed by atoms with Gasteiger partial charge in [0.1, 0.15) is 0 Å². The van der Waals surface area contributed by atoms with Gasteiger partial charge in [-0.25, -0.2) is 0 Å².